The minimum Gasteiger partial charge on any atom is -0.497 e. The lowest BCUT2D eigenvalue weighted by Gasteiger charge is -2.47. The van der Waals surface area contributed by atoms with E-state index in [-0.39, 0.29) is 55.5 Å². The van der Waals surface area contributed by atoms with Crippen LogP contribution in [0.2, 0.25) is 0 Å². The number of carboxylic acid groups (broad SMARTS) is 1. The minimum atomic E-state index is -1.94. The molecule has 3 saturated heterocycles. The van der Waals surface area contributed by atoms with Gasteiger partial charge in [-0.1, -0.05) is 12.1 Å². The predicted octanol–water partition coefficient (Wildman–Crippen LogP) is 2.38. The number of aryl methyl sites for hydroxylation is 1. The minimum absolute atomic E-state index is 0. The first-order valence-corrected chi connectivity index (χ1v) is 13.0. The monoisotopic (exact) mass is 596 g/mol. The van der Waals surface area contributed by atoms with Gasteiger partial charge in [0.1, 0.15) is 5.75 Å². The largest absolute Gasteiger partial charge is 0.497 e. The maximum Gasteiger partial charge on any atom is 0.359 e. The molecule has 3 fully saturated rings. The van der Waals surface area contributed by atoms with E-state index >= 15 is 0 Å². The number of carbonyl (C=O) groups excluding carboxylic acids is 1. The number of ketones is 1. The number of nitrogens with one attached hydrogen (secondary N) is 2. The van der Waals surface area contributed by atoms with E-state index in [1.807, 2.05) is 24.3 Å². The van der Waals surface area contributed by atoms with Crippen LogP contribution < -0.4 is 15.4 Å². The Morgan fingerprint density at radius 2 is 1.47 bits per heavy atom. The van der Waals surface area contributed by atoms with E-state index in [4.69, 9.17) is 9.47 Å². The normalized spacial score (nSPS) is 21.2. The molecule has 0 bridgehead atoms. The molecule has 3 aliphatic rings. The van der Waals surface area contributed by atoms with Gasteiger partial charge in [0.2, 0.25) is 0 Å². The van der Waals surface area contributed by atoms with Crippen molar-refractivity contribution in [3.63, 3.8) is 0 Å². The average Bonchev–Trinajstić information content (AvgIpc) is 2.91. The Hall–Kier alpha value is -1.17. The lowest BCUT2D eigenvalue weighted by Crippen LogP contribution is -2.68. The number of methoxy groups -OCH3 is 1. The highest BCUT2D eigenvalue weighted by Crippen LogP contribution is 2.29. The van der Waals surface area contributed by atoms with Crippen molar-refractivity contribution in [1.29, 1.82) is 0 Å². The third-order valence-corrected chi connectivity index (χ3v) is 7.68. The number of carbonyl (C=O) groups is 2. The van der Waals surface area contributed by atoms with E-state index in [2.05, 4.69) is 15.5 Å². The molecule has 0 spiro atoms. The number of hydrogen-bond donors (Lipinski definition) is 3. The third kappa shape index (κ3) is 8.41. The van der Waals surface area contributed by atoms with Crippen LogP contribution in [0.15, 0.2) is 24.3 Å². The number of nitrogens with zero attached hydrogens (tertiary/aromatic N) is 2. The molecule has 1 aromatic rings. The van der Waals surface area contributed by atoms with E-state index in [0.29, 0.717) is 38.4 Å². The summed E-state index contributed by atoms with van der Waals surface area (Å²) in [5.74, 6) is -0.804. The van der Waals surface area contributed by atoms with Crippen molar-refractivity contribution in [3.05, 3.63) is 29.8 Å². The van der Waals surface area contributed by atoms with Crippen molar-refractivity contribution in [2.75, 3.05) is 59.5 Å². The number of aliphatic carboxylic acids is 1. The van der Waals surface area contributed by atoms with E-state index in [9.17, 15) is 14.7 Å². The van der Waals surface area contributed by atoms with Gasteiger partial charge in [-0.05, 0) is 76.0 Å². The van der Waals surface area contributed by atoms with Gasteiger partial charge in [0.05, 0.1) is 13.2 Å². The zero-order chi connectivity index (χ0) is 24.7. The molecule has 0 radical (unpaired) electrons. The van der Waals surface area contributed by atoms with Crippen molar-refractivity contribution in [3.8, 4) is 5.75 Å². The standard InChI is InChI=1S/C26H40N4O5.3ClH/c1-34-22-5-2-20(3-6-22)4-7-24(31)26(25(32)33,35-23-10-14-28-15-11-23)30-18-16-29(17-19-30)21-8-12-27-13-9-21;;;/h2-3,5-6,21,23,27-28H,4,7-19H2,1H3,(H,32,33);3*1H/t26-;;;/m0.../s1. The highest BCUT2D eigenvalue weighted by atomic mass is 35.5. The van der Waals surface area contributed by atoms with E-state index in [1.54, 1.807) is 12.0 Å². The number of Topliss-reactive ketones (excluding diaryl/α,β-unsaturated/α-hetero) is 1. The Labute approximate surface area is 244 Å². The summed E-state index contributed by atoms with van der Waals surface area (Å²) in [5, 5.41) is 17.2. The molecule has 12 heteroatoms. The molecule has 0 unspecified atom stereocenters. The fourth-order valence-electron chi connectivity index (χ4n) is 5.57. The van der Waals surface area contributed by atoms with Crippen molar-refractivity contribution in [1.82, 2.24) is 20.4 Å². The SMILES string of the molecule is COc1ccc(CCC(=O)[C@](OC2CCNCC2)(C(=O)O)N2CCN(C3CCNCC3)CC2)cc1.Cl.Cl.Cl. The molecule has 3 N–H and O–H groups in total. The number of piperazine rings is 1. The summed E-state index contributed by atoms with van der Waals surface area (Å²) in [6, 6.07) is 8.07. The second-order valence-electron chi connectivity index (χ2n) is 9.79. The van der Waals surface area contributed by atoms with E-state index < -0.39 is 11.7 Å². The number of piperidine rings is 2. The molecule has 0 aromatic heterocycles. The van der Waals surface area contributed by atoms with Crippen LogP contribution >= 0.6 is 37.2 Å². The Balaban J connectivity index is 0.00000241. The van der Waals surface area contributed by atoms with Crippen molar-refractivity contribution in [2.24, 2.45) is 0 Å². The highest BCUT2D eigenvalue weighted by Gasteiger charge is 2.54. The van der Waals surface area contributed by atoms with Crippen LogP contribution in [-0.4, -0.2) is 104 Å². The van der Waals surface area contributed by atoms with Gasteiger partial charge in [-0.2, -0.15) is 0 Å². The first-order chi connectivity index (χ1) is 17.0. The summed E-state index contributed by atoms with van der Waals surface area (Å²) < 4.78 is 11.5. The third-order valence-electron chi connectivity index (χ3n) is 7.68. The Morgan fingerprint density at radius 1 is 0.921 bits per heavy atom. The average molecular weight is 598 g/mol. The molecule has 0 saturated carbocycles. The van der Waals surface area contributed by atoms with Gasteiger partial charge in [0, 0.05) is 38.6 Å². The van der Waals surface area contributed by atoms with Gasteiger partial charge < -0.3 is 25.2 Å². The zero-order valence-electron chi connectivity index (χ0n) is 22.1. The van der Waals surface area contributed by atoms with Gasteiger partial charge in [0.25, 0.3) is 5.72 Å². The maximum atomic E-state index is 13.7. The summed E-state index contributed by atoms with van der Waals surface area (Å²) in [6.45, 7) is 6.10. The quantitative estimate of drug-likeness (QED) is 0.351. The number of halogens is 3. The number of benzene rings is 1. The van der Waals surface area contributed by atoms with Crippen LogP contribution in [0, 0.1) is 0 Å². The molecule has 0 aliphatic carbocycles. The van der Waals surface area contributed by atoms with Crippen LogP contribution in [0.3, 0.4) is 0 Å². The summed E-state index contributed by atoms with van der Waals surface area (Å²) in [4.78, 5) is 30.9. The van der Waals surface area contributed by atoms with Crippen LogP contribution in [0.4, 0.5) is 0 Å². The summed E-state index contributed by atoms with van der Waals surface area (Å²) >= 11 is 0. The molecular weight excluding hydrogens is 555 g/mol. The van der Waals surface area contributed by atoms with Crippen LogP contribution in [0.25, 0.3) is 0 Å². The molecule has 3 heterocycles. The first-order valence-electron chi connectivity index (χ1n) is 13.0. The molecule has 0 amide bonds. The zero-order valence-corrected chi connectivity index (χ0v) is 24.5. The second kappa shape index (κ2) is 16.8. The molecular formula is C26H43Cl3N4O5. The first kappa shape index (κ1) is 34.9. The Morgan fingerprint density at radius 3 is 2.00 bits per heavy atom. The van der Waals surface area contributed by atoms with E-state index in [1.165, 1.54) is 0 Å². The summed E-state index contributed by atoms with van der Waals surface area (Å²) in [5.41, 5.74) is -0.967. The number of ether oxygens (including phenoxy) is 2. The predicted molar refractivity (Wildman–Crippen MR) is 154 cm³/mol. The smallest absolute Gasteiger partial charge is 0.359 e. The van der Waals surface area contributed by atoms with Crippen LogP contribution in [0.5, 0.6) is 5.75 Å². The molecule has 1 atom stereocenters. The summed E-state index contributed by atoms with van der Waals surface area (Å²) in [6.07, 6.45) is 3.94. The van der Waals surface area contributed by atoms with E-state index in [0.717, 1.165) is 63.4 Å². The number of rotatable bonds is 10. The van der Waals surface area contributed by atoms with Crippen LogP contribution in [-0.2, 0) is 20.7 Å². The molecule has 9 nitrogen and oxygen atoms in total. The van der Waals surface area contributed by atoms with Crippen LogP contribution in [0.1, 0.15) is 37.7 Å². The van der Waals surface area contributed by atoms with Gasteiger partial charge in [0.15, 0.2) is 5.78 Å². The molecule has 4 rings (SSSR count). The second-order valence-corrected chi connectivity index (χ2v) is 9.79. The number of carboxylic acids is 1. The molecule has 38 heavy (non-hydrogen) atoms. The highest BCUT2D eigenvalue weighted by molar-refractivity contribution is 6.06. The van der Waals surface area contributed by atoms with Crippen molar-refractivity contribution in [2.45, 2.75) is 56.4 Å². The molecule has 3 aliphatic heterocycles. The fourth-order valence-corrected chi connectivity index (χ4v) is 5.57. The van der Waals surface area contributed by atoms with Gasteiger partial charge >= 0.3 is 5.97 Å². The molecule has 1 aromatic carbocycles. The molecule has 218 valence electrons. The Kier molecular flexibility index (Phi) is 15.4. The topological polar surface area (TPSA) is 103 Å². The lowest BCUT2D eigenvalue weighted by molar-refractivity contribution is -0.217. The Bertz CT molecular complexity index is 846. The van der Waals surface area contributed by atoms with Crippen molar-refractivity contribution < 1.29 is 24.2 Å². The van der Waals surface area contributed by atoms with Crippen molar-refractivity contribution >= 4 is 49.0 Å². The van der Waals surface area contributed by atoms with Gasteiger partial charge in [-0.25, -0.2) is 4.79 Å². The summed E-state index contributed by atoms with van der Waals surface area (Å²) in [7, 11) is 1.61. The lowest BCUT2D eigenvalue weighted by atomic mass is 9.96. The fraction of sp³-hybridized carbons (Fsp3) is 0.692. The number of hydrogen-bond acceptors (Lipinski definition) is 8. The van der Waals surface area contributed by atoms with Gasteiger partial charge in [-0.15, -0.1) is 37.2 Å². The maximum absolute atomic E-state index is 13.7. The van der Waals surface area contributed by atoms with Gasteiger partial charge in [-0.3, -0.25) is 14.6 Å².